The second-order valence-corrected chi connectivity index (χ2v) is 10.3. The highest BCUT2D eigenvalue weighted by molar-refractivity contribution is 7.17. The molecule has 1 amide bonds. The highest BCUT2D eigenvalue weighted by Crippen LogP contribution is 2.26. The van der Waals surface area contributed by atoms with E-state index in [1.807, 2.05) is 30.3 Å². The van der Waals surface area contributed by atoms with Crippen molar-refractivity contribution in [3.8, 4) is 5.75 Å². The van der Waals surface area contributed by atoms with Crippen molar-refractivity contribution in [1.82, 2.24) is 5.43 Å². The highest BCUT2D eigenvalue weighted by atomic mass is 32.1. The number of amides is 1. The van der Waals surface area contributed by atoms with Gasteiger partial charge in [-0.05, 0) is 52.9 Å². The Labute approximate surface area is 205 Å². The molecule has 34 heavy (non-hydrogen) atoms. The van der Waals surface area contributed by atoms with E-state index >= 15 is 0 Å². The minimum atomic E-state index is -0.244. The molecule has 1 aliphatic rings. The lowest BCUT2D eigenvalue weighted by Gasteiger charge is -2.27. The summed E-state index contributed by atoms with van der Waals surface area (Å²) in [5.74, 6) is 0.584. The highest BCUT2D eigenvalue weighted by Gasteiger charge is 2.14. The molecule has 178 valence electrons. The van der Waals surface area contributed by atoms with E-state index in [2.05, 4.69) is 54.4 Å². The summed E-state index contributed by atoms with van der Waals surface area (Å²) in [5, 5.41) is 5.31. The van der Waals surface area contributed by atoms with Crippen molar-refractivity contribution in [2.24, 2.45) is 5.10 Å². The SMILES string of the molecule is CC(C)(C)c1ccc(OCc2ccc(C(=O)N/N=C/c3ccc(N4CCOCC4)s3)cc2)cc1. The van der Waals surface area contributed by atoms with Gasteiger partial charge in [-0.3, -0.25) is 4.79 Å². The first-order valence-corrected chi connectivity index (χ1v) is 12.3. The molecular formula is C27H31N3O3S. The predicted octanol–water partition coefficient (Wildman–Crippen LogP) is 5.23. The van der Waals surface area contributed by atoms with Crippen LogP contribution in [0.15, 0.2) is 65.8 Å². The number of rotatable bonds is 7. The molecule has 1 aliphatic heterocycles. The number of carbonyl (C=O) groups is 1. The molecule has 0 aliphatic carbocycles. The molecule has 0 saturated carbocycles. The Kier molecular flexibility index (Phi) is 7.65. The normalized spacial score (nSPS) is 14.4. The molecule has 0 radical (unpaired) electrons. The van der Waals surface area contributed by atoms with Crippen LogP contribution in [0.5, 0.6) is 5.75 Å². The zero-order valence-corrected chi connectivity index (χ0v) is 20.7. The van der Waals surface area contributed by atoms with E-state index in [1.54, 1.807) is 29.7 Å². The third-order valence-corrected chi connectivity index (χ3v) is 6.72. The fraction of sp³-hybridized carbons (Fsp3) is 0.333. The number of morpholine rings is 1. The Morgan fingerprint density at radius 3 is 2.44 bits per heavy atom. The number of benzene rings is 2. The fourth-order valence-corrected chi connectivity index (χ4v) is 4.49. The Hall–Kier alpha value is -3.16. The lowest BCUT2D eigenvalue weighted by Crippen LogP contribution is -2.35. The first-order chi connectivity index (χ1) is 16.4. The predicted molar refractivity (Wildman–Crippen MR) is 138 cm³/mol. The third kappa shape index (κ3) is 6.46. The van der Waals surface area contributed by atoms with Crippen LogP contribution in [0.25, 0.3) is 0 Å². The zero-order chi connectivity index (χ0) is 24.0. The van der Waals surface area contributed by atoms with Gasteiger partial charge in [0, 0.05) is 23.5 Å². The average molecular weight is 478 g/mol. The van der Waals surface area contributed by atoms with Gasteiger partial charge in [-0.2, -0.15) is 5.10 Å². The molecule has 6 nitrogen and oxygen atoms in total. The maximum absolute atomic E-state index is 12.4. The van der Waals surface area contributed by atoms with Crippen LogP contribution in [0.3, 0.4) is 0 Å². The number of anilines is 1. The quantitative estimate of drug-likeness (QED) is 0.374. The number of carbonyl (C=O) groups excluding carboxylic acids is 1. The lowest BCUT2D eigenvalue weighted by molar-refractivity contribution is 0.0955. The van der Waals surface area contributed by atoms with Gasteiger partial charge in [0.05, 0.1) is 24.4 Å². The molecule has 7 heteroatoms. The van der Waals surface area contributed by atoms with Crippen LogP contribution in [0.2, 0.25) is 0 Å². The molecule has 0 atom stereocenters. The molecule has 1 N–H and O–H groups in total. The van der Waals surface area contributed by atoms with Gasteiger partial charge >= 0.3 is 0 Å². The maximum atomic E-state index is 12.4. The van der Waals surface area contributed by atoms with Crippen LogP contribution in [-0.2, 0) is 16.8 Å². The smallest absolute Gasteiger partial charge is 0.271 e. The molecular weight excluding hydrogens is 446 g/mol. The number of thiophene rings is 1. The van der Waals surface area contributed by atoms with E-state index in [9.17, 15) is 4.79 Å². The number of hydrogen-bond acceptors (Lipinski definition) is 6. The van der Waals surface area contributed by atoms with Crippen LogP contribution >= 0.6 is 11.3 Å². The second-order valence-electron chi connectivity index (χ2n) is 9.23. The van der Waals surface area contributed by atoms with Crippen LogP contribution in [-0.4, -0.2) is 38.4 Å². The van der Waals surface area contributed by atoms with Gasteiger partial charge in [-0.25, -0.2) is 5.43 Å². The molecule has 4 rings (SSSR count). The van der Waals surface area contributed by atoms with Crippen LogP contribution < -0.4 is 15.1 Å². The van der Waals surface area contributed by atoms with Crippen molar-refractivity contribution in [2.75, 3.05) is 31.2 Å². The minimum Gasteiger partial charge on any atom is -0.489 e. The zero-order valence-electron chi connectivity index (χ0n) is 19.9. The first-order valence-electron chi connectivity index (χ1n) is 11.5. The number of nitrogens with one attached hydrogen (secondary N) is 1. The van der Waals surface area contributed by atoms with E-state index in [4.69, 9.17) is 9.47 Å². The summed E-state index contributed by atoms with van der Waals surface area (Å²) in [4.78, 5) is 15.7. The van der Waals surface area contributed by atoms with Crippen molar-refractivity contribution in [3.63, 3.8) is 0 Å². The van der Waals surface area contributed by atoms with Crippen molar-refractivity contribution < 1.29 is 14.3 Å². The van der Waals surface area contributed by atoms with E-state index < -0.39 is 0 Å². The van der Waals surface area contributed by atoms with E-state index in [-0.39, 0.29) is 11.3 Å². The molecule has 2 heterocycles. The summed E-state index contributed by atoms with van der Waals surface area (Å²) < 4.78 is 11.3. The van der Waals surface area contributed by atoms with E-state index in [0.717, 1.165) is 42.5 Å². The summed E-state index contributed by atoms with van der Waals surface area (Å²) in [6.45, 7) is 10.3. The Morgan fingerprint density at radius 1 is 1.06 bits per heavy atom. The summed E-state index contributed by atoms with van der Waals surface area (Å²) in [7, 11) is 0. The summed E-state index contributed by atoms with van der Waals surface area (Å²) in [5.41, 5.74) is 5.54. The molecule has 0 unspecified atom stereocenters. The third-order valence-electron chi connectivity index (χ3n) is 5.64. The molecule has 1 fully saturated rings. The number of nitrogens with zero attached hydrogens (tertiary/aromatic N) is 2. The van der Waals surface area contributed by atoms with Crippen LogP contribution in [0, 0.1) is 0 Å². The summed E-state index contributed by atoms with van der Waals surface area (Å²) in [6, 6.07) is 19.7. The summed E-state index contributed by atoms with van der Waals surface area (Å²) >= 11 is 1.65. The number of ether oxygens (including phenoxy) is 2. The molecule has 0 spiro atoms. The van der Waals surface area contributed by atoms with Crippen LogP contribution in [0.1, 0.15) is 47.1 Å². The summed E-state index contributed by atoms with van der Waals surface area (Å²) in [6.07, 6.45) is 1.68. The average Bonchev–Trinajstić information content (AvgIpc) is 3.32. The van der Waals surface area contributed by atoms with Crippen molar-refractivity contribution in [2.45, 2.75) is 32.8 Å². The fourth-order valence-electron chi connectivity index (χ4n) is 3.55. The van der Waals surface area contributed by atoms with Gasteiger partial charge in [0.1, 0.15) is 12.4 Å². The maximum Gasteiger partial charge on any atom is 0.271 e. The molecule has 1 saturated heterocycles. The van der Waals surface area contributed by atoms with Gasteiger partial charge in [0.25, 0.3) is 5.91 Å². The minimum absolute atomic E-state index is 0.120. The lowest BCUT2D eigenvalue weighted by atomic mass is 9.87. The monoisotopic (exact) mass is 477 g/mol. The van der Waals surface area contributed by atoms with Gasteiger partial charge in [-0.15, -0.1) is 11.3 Å². The van der Waals surface area contributed by atoms with Gasteiger partial charge in [0.15, 0.2) is 0 Å². The number of hydrazone groups is 1. The Bertz CT molecular complexity index is 1110. The second kappa shape index (κ2) is 10.8. The Morgan fingerprint density at radius 2 is 1.76 bits per heavy atom. The molecule has 3 aromatic rings. The van der Waals surface area contributed by atoms with Crippen molar-refractivity contribution in [1.29, 1.82) is 0 Å². The van der Waals surface area contributed by atoms with Gasteiger partial charge in [-0.1, -0.05) is 45.0 Å². The Balaban J connectivity index is 1.25. The van der Waals surface area contributed by atoms with Gasteiger partial charge < -0.3 is 14.4 Å². The molecule has 0 bridgehead atoms. The van der Waals surface area contributed by atoms with Crippen LogP contribution in [0.4, 0.5) is 5.00 Å². The molecule has 2 aromatic carbocycles. The topological polar surface area (TPSA) is 63.2 Å². The largest absolute Gasteiger partial charge is 0.489 e. The van der Waals surface area contributed by atoms with Crippen molar-refractivity contribution in [3.05, 3.63) is 82.2 Å². The van der Waals surface area contributed by atoms with E-state index in [1.165, 1.54) is 10.6 Å². The van der Waals surface area contributed by atoms with Crippen molar-refractivity contribution >= 4 is 28.5 Å². The van der Waals surface area contributed by atoms with Gasteiger partial charge in [0.2, 0.25) is 0 Å². The standard InChI is InChI=1S/C27H31N3O3S/c1-27(2,3)22-8-10-23(11-9-22)33-19-20-4-6-21(7-5-20)26(31)29-28-18-24-12-13-25(34-24)30-14-16-32-17-15-30/h4-13,18H,14-17,19H2,1-3H3,(H,29,31)/b28-18+. The molecule has 1 aromatic heterocycles. The first kappa shape index (κ1) is 24.0. The number of hydrogen-bond donors (Lipinski definition) is 1. The van der Waals surface area contributed by atoms with E-state index in [0.29, 0.717) is 12.2 Å².